The van der Waals surface area contributed by atoms with Crippen LogP contribution in [0.4, 0.5) is 0 Å². The van der Waals surface area contributed by atoms with E-state index in [0.29, 0.717) is 28.8 Å². The Kier molecular flexibility index (Phi) is 3.89. The van der Waals surface area contributed by atoms with E-state index in [1.807, 2.05) is 18.2 Å². The molecule has 0 radical (unpaired) electrons. The van der Waals surface area contributed by atoms with Crippen molar-refractivity contribution in [1.29, 1.82) is 0 Å². The van der Waals surface area contributed by atoms with Crippen LogP contribution in [0.3, 0.4) is 0 Å². The van der Waals surface area contributed by atoms with Crippen molar-refractivity contribution in [3.63, 3.8) is 0 Å². The molecule has 0 fully saturated rings. The molecule has 0 atom stereocenters. The third-order valence-corrected chi connectivity index (χ3v) is 3.33. The summed E-state index contributed by atoms with van der Waals surface area (Å²) in [5, 5.41) is 1.26. The number of rotatable bonds is 3. The molecule has 5 heteroatoms. The minimum absolute atomic E-state index is 0.344. The van der Waals surface area contributed by atoms with Crippen LogP contribution in [0.1, 0.15) is 23.0 Å². The zero-order valence-corrected chi connectivity index (χ0v) is 12.3. The SMILES string of the molecule is CCOC(=O)c1c(CBr)oc2cc(Br)ccc12. The van der Waals surface area contributed by atoms with Crippen molar-refractivity contribution < 1.29 is 13.9 Å². The van der Waals surface area contributed by atoms with Crippen LogP contribution in [0, 0.1) is 0 Å². The Bertz CT molecular complexity index is 560. The molecule has 1 heterocycles. The van der Waals surface area contributed by atoms with Gasteiger partial charge in [-0.05, 0) is 25.1 Å². The molecule has 17 heavy (non-hydrogen) atoms. The summed E-state index contributed by atoms with van der Waals surface area (Å²) in [7, 11) is 0. The second-order valence-corrected chi connectivity index (χ2v) is 4.87. The second-order valence-electron chi connectivity index (χ2n) is 3.39. The highest BCUT2D eigenvalue weighted by molar-refractivity contribution is 9.10. The number of alkyl halides is 1. The Morgan fingerprint density at radius 3 is 2.88 bits per heavy atom. The Morgan fingerprint density at radius 1 is 1.47 bits per heavy atom. The van der Waals surface area contributed by atoms with Crippen molar-refractivity contribution in [3.8, 4) is 0 Å². The maximum absolute atomic E-state index is 11.9. The van der Waals surface area contributed by atoms with Gasteiger partial charge < -0.3 is 9.15 Å². The molecule has 0 unspecified atom stereocenters. The first-order valence-electron chi connectivity index (χ1n) is 5.11. The van der Waals surface area contributed by atoms with Gasteiger partial charge >= 0.3 is 5.97 Å². The molecular weight excluding hydrogens is 352 g/mol. The molecule has 0 N–H and O–H groups in total. The lowest BCUT2D eigenvalue weighted by Gasteiger charge is -2.00. The fourth-order valence-electron chi connectivity index (χ4n) is 1.64. The fraction of sp³-hybridized carbons (Fsp3) is 0.250. The van der Waals surface area contributed by atoms with Crippen LogP contribution in [0.25, 0.3) is 11.0 Å². The van der Waals surface area contributed by atoms with E-state index in [9.17, 15) is 4.79 Å². The van der Waals surface area contributed by atoms with Crippen molar-refractivity contribution in [1.82, 2.24) is 0 Å². The van der Waals surface area contributed by atoms with E-state index in [1.54, 1.807) is 6.92 Å². The molecular formula is C12H10Br2O3. The molecule has 0 saturated heterocycles. The molecule has 0 aliphatic carbocycles. The minimum Gasteiger partial charge on any atom is -0.462 e. The van der Waals surface area contributed by atoms with E-state index >= 15 is 0 Å². The molecule has 1 aromatic heterocycles. The summed E-state index contributed by atoms with van der Waals surface area (Å²) in [5.41, 5.74) is 1.18. The molecule has 0 bridgehead atoms. The number of benzene rings is 1. The van der Waals surface area contributed by atoms with Crippen molar-refractivity contribution in [3.05, 3.63) is 34.0 Å². The van der Waals surface area contributed by atoms with Crippen LogP contribution in [0.5, 0.6) is 0 Å². The average Bonchev–Trinajstić information content (AvgIpc) is 2.66. The first-order valence-corrected chi connectivity index (χ1v) is 7.02. The van der Waals surface area contributed by atoms with E-state index in [1.165, 1.54) is 0 Å². The van der Waals surface area contributed by atoms with Gasteiger partial charge in [0.2, 0.25) is 0 Å². The van der Waals surface area contributed by atoms with E-state index in [2.05, 4.69) is 31.9 Å². The van der Waals surface area contributed by atoms with Crippen molar-refractivity contribution in [2.24, 2.45) is 0 Å². The van der Waals surface area contributed by atoms with Crippen LogP contribution in [-0.2, 0) is 10.1 Å². The van der Waals surface area contributed by atoms with Crippen molar-refractivity contribution >= 4 is 48.8 Å². The summed E-state index contributed by atoms with van der Waals surface area (Å²) in [4.78, 5) is 11.9. The topological polar surface area (TPSA) is 39.4 Å². The highest BCUT2D eigenvalue weighted by atomic mass is 79.9. The number of hydrogen-bond donors (Lipinski definition) is 0. The largest absolute Gasteiger partial charge is 0.462 e. The Balaban J connectivity index is 2.62. The summed E-state index contributed by atoms with van der Waals surface area (Å²) in [5.74, 6) is 0.250. The third kappa shape index (κ3) is 2.40. The first-order chi connectivity index (χ1) is 8.17. The highest BCUT2D eigenvalue weighted by Gasteiger charge is 2.21. The lowest BCUT2D eigenvalue weighted by molar-refractivity contribution is 0.0526. The van der Waals surface area contributed by atoms with Gasteiger partial charge in [0, 0.05) is 9.86 Å². The van der Waals surface area contributed by atoms with Crippen molar-refractivity contribution in [2.75, 3.05) is 6.61 Å². The monoisotopic (exact) mass is 360 g/mol. The second kappa shape index (κ2) is 5.23. The standard InChI is InChI=1S/C12H10Br2O3/c1-2-16-12(15)11-8-4-3-7(14)5-9(8)17-10(11)6-13/h3-5H,2,6H2,1H3. The quantitative estimate of drug-likeness (QED) is 0.605. The minimum atomic E-state index is -0.344. The molecule has 0 aliphatic rings. The number of fused-ring (bicyclic) bond motifs is 1. The highest BCUT2D eigenvalue weighted by Crippen LogP contribution is 2.30. The van der Waals surface area contributed by atoms with Crippen LogP contribution in [0.15, 0.2) is 27.1 Å². The number of halogens is 2. The molecule has 0 saturated carbocycles. The summed E-state index contributed by atoms with van der Waals surface area (Å²) >= 11 is 6.68. The van der Waals surface area contributed by atoms with Gasteiger partial charge in [0.15, 0.2) is 0 Å². The van der Waals surface area contributed by atoms with Gasteiger partial charge in [0.1, 0.15) is 16.9 Å². The van der Waals surface area contributed by atoms with E-state index in [4.69, 9.17) is 9.15 Å². The molecule has 0 aliphatic heterocycles. The van der Waals surface area contributed by atoms with Gasteiger partial charge in [-0.15, -0.1) is 0 Å². The maximum atomic E-state index is 11.9. The number of carbonyl (C=O) groups excluding carboxylic acids is 1. The predicted molar refractivity (Wildman–Crippen MR) is 72.5 cm³/mol. The third-order valence-electron chi connectivity index (χ3n) is 2.33. The first kappa shape index (κ1) is 12.6. The summed E-state index contributed by atoms with van der Waals surface area (Å²) < 4.78 is 11.6. The van der Waals surface area contributed by atoms with Crippen LogP contribution in [0.2, 0.25) is 0 Å². The number of carbonyl (C=O) groups is 1. The van der Waals surface area contributed by atoms with Gasteiger partial charge in [-0.3, -0.25) is 0 Å². The Labute approximate surface area is 115 Å². The zero-order chi connectivity index (χ0) is 12.4. The lowest BCUT2D eigenvalue weighted by atomic mass is 10.1. The van der Waals surface area contributed by atoms with Gasteiger partial charge in [-0.2, -0.15) is 0 Å². The smallest absolute Gasteiger partial charge is 0.342 e. The van der Waals surface area contributed by atoms with Gasteiger partial charge in [0.25, 0.3) is 0 Å². The van der Waals surface area contributed by atoms with E-state index in [0.717, 1.165) is 9.86 Å². The molecule has 3 nitrogen and oxygen atoms in total. The Hall–Kier alpha value is -0.810. The summed E-state index contributed by atoms with van der Waals surface area (Å²) in [6.07, 6.45) is 0. The summed E-state index contributed by atoms with van der Waals surface area (Å²) in [6.45, 7) is 2.13. The maximum Gasteiger partial charge on any atom is 0.342 e. The zero-order valence-electron chi connectivity index (χ0n) is 9.13. The van der Waals surface area contributed by atoms with Crippen LogP contribution >= 0.6 is 31.9 Å². The fourth-order valence-corrected chi connectivity index (χ4v) is 2.38. The van der Waals surface area contributed by atoms with Gasteiger partial charge in [-0.1, -0.05) is 31.9 Å². The number of furan rings is 1. The molecule has 0 amide bonds. The van der Waals surface area contributed by atoms with Gasteiger partial charge in [-0.25, -0.2) is 4.79 Å². The Morgan fingerprint density at radius 2 is 2.24 bits per heavy atom. The molecule has 0 spiro atoms. The average molecular weight is 362 g/mol. The van der Waals surface area contributed by atoms with Crippen LogP contribution in [-0.4, -0.2) is 12.6 Å². The number of hydrogen-bond acceptors (Lipinski definition) is 3. The number of esters is 1. The van der Waals surface area contributed by atoms with Crippen molar-refractivity contribution in [2.45, 2.75) is 12.3 Å². The molecule has 90 valence electrons. The molecule has 1 aromatic carbocycles. The predicted octanol–water partition coefficient (Wildman–Crippen LogP) is 4.27. The molecule has 2 rings (SSSR count). The molecule has 2 aromatic rings. The van der Waals surface area contributed by atoms with Crippen LogP contribution < -0.4 is 0 Å². The summed E-state index contributed by atoms with van der Waals surface area (Å²) in [6, 6.07) is 5.56. The lowest BCUT2D eigenvalue weighted by Crippen LogP contribution is -2.05. The normalized spacial score (nSPS) is 10.8. The number of ether oxygens (including phenoxy) is 1. The van der Waals surface area contributed by atoms with Gasteiger partial charge in [0.05, 0.1) is 11.9 Å². The van der Waals surface area contributed by atoms with E-state index < -0.39 is 0 Å². The van der Waals surface area contributed by atoms with E-state index in [-0.39, 0.29) is 5.97 Å².